The quantitative estimate of drug-likeness (QED) is 0.431. The number of carbonyl (C=O) groups is 2. The largest absolute Gasteiger partial charge is 0.508 e. The number of phenols is 1. The fourth-order valence-electron chi connectivity index (χ4n) is 5.46. The number of fused-ring (bicyclic) bond motifs is 4. The van der Waals surface area contributed by atoms with E-state index in [0.717, 1.165) is 38.7 Å². The van der Waals surface area contributed by atoms with E-state index in [0.29, 0.717) is 25.4 Å². The smallest absolute Gasteiger partial charge is 0.328 e. The van der Waals surface area contributed by atoms with Crippen molar-refractivity contribution in [2.45, 2.75) is 51.2 Å². The molecule has 2 aromatic carbocycles. The molecule has 0 unspecified atom stereocenters. The zero-order valence-corrected chi connectivity index (χ0v) is 22.1. The molecule has 2 aliphatic heterocycles. The van der Waals surface area contributed by atoms with Crippen molar-refractivity contribution in [2.75, 3.05) is 20.1 Å². The van der Waals surface area contributed by atoms with E-state index in [1.165, 1.54) is 4.90 Å². The third kappa shape index (κ3) is 3.83. The van der Waals surface area contributed by atoms with Gasteiger partial charge in [0.15, 0.2) is 0 Å². The van der Waals surface area contributed by atoms with Gasteiger partial charge in [0.25, 0.3) is 5.91 Å². The molecule has 2 aliphatic rings. The van der Waals surface area contributed by atoms with Crippen LogP contribution in [0.4, 0.5) is 4.79 Å². The average Bonchev–Trinajstić information content (AvgIpc) is 3.24. The summed E-state index contributed by atoms with van der Waals surface area (Å²) in [5, 5.41) is 11.3. The zero-order valence-electron chi connectivity index (χ0n) is 20.5. The molecule has 0 radical (unpaired) electrons. The Bertz CT molecular complexity index is 1320. The van der Waals surface area contributed by atoms with E-state index in [1.54, 1.807) is 23.1 Å². The van der Waals surface area contributed by atoms with Crippen LogP contribution < -0.4 is 0 Å². The number of halogens is 1. The number of hydrogen-bond donors (Lipinski definition) is 2. The number of H-pyrrole nitrogens is 1. The SMILES string of the molecule is CC(C)N(C)CCCN1C(=O)N2[C@H](c3cccc(O)c3)c3[nH]c4ccc(Br)cc4c3C[C@@]2(C)C1=O. The van der Waals surface area contributed by atoms with Gasteiger partial charge < -0.3 is 15.0 Å². The van der Waals surface area contributed by atoms with Crippen LogP contribution in [0.3, 0.4) is 0 Å². The van der Waals surface area contributed by atoms with Crippen molar-refractivity contribution in [3.63, 3.8) is 0 Å². The first kappa shape index (κ1) is 23.9. The Kier molecular flexibility index (Phi) is 5.92. The van der Waals surface area contributed by atoms with Crippen molar-refractivity contribution in [1.29, 1.82) is 0 Å². The van der Waals surface area contributed by atoms with Crippen LogP contribution in [0.2, 0.25) is 0 Å². The Labute approximate surface area is 213 Å². The van der Waals surface area contributed by atoms with Crippen LogP contribution >= 0.6 is 15.9 Å². The summed E-state index contributed by atoms with van der Waals surface area (Å²) in [6, 6.07) is 12.6. The number of aromatic hydroxyl groups is 1. The summed E-state index contributed by atoms with van der Waals surface area (Å²) in [6.07, 6.45) is 1.15. The third-order valence-electron chi connectivity index (χ3n) is 7.59. The molecule has 184 valence electrons. The molecule has 8 heteroatoms. The molecule has 5 rings (SSSR count). The molecule has 1 aromatic heterocycles. The van der Waals surface area contributed by atoms with E-state index in [-0.39, 0.29) is 17.7 Å². The van der Waals surface area contributed by atoms with Gasteiger partial charge in [0.1, 0.15) is 17.3 Å². The van der Waals surface area contributed by atoms with Crippen molar-refractivity contribution in [2.24, 2.45) is 0 Å². The lowest BCUT2D eigenvalue weighted by molar-refractivity contribution is -0.133. The predicted molar refractivity (Wildman–Crippen MR) is 139 cm³/mol. The number of aromatic nitrogens is 1. The van der Waals surface area contributed by atoms with Crippen LogP contribution in [0.5, 0.6) is 5.75 Å². The summed E-state index contributed by atoms with van der Waals surface area (Å²) in [5.41, 5.74) is 2.65. The number of benzene rings is 2. The number of imide groups is 1. The van der Waals surface area contributed by atoms with Gasteiger partial charge in [-0.2, -0.15) is 0 Å². The molecular formula is C27H31BrN4O3. The van der Waals surface area contributed by atoms with Crippen molar-refractivity contribution >= 4 is 38.8 Å². The number of phenolic OH excluding ortho intramolecular Hbond substituents is 1. The molecule has 2 atom stereocenters. The zero-order chi connectivity index (χ0) is 25.1. The topological polar surface area (TPSA) is 79.9 Å². The Morgan fingerprint density at radius 2 is 2.00 bits per heavy atom. The Morgan fingerprint density at radius 1 is 1.23 bits per heavy atom. The highest BCUT2D eigenvalue weighted by Gasteiger charge is 2.60. The average molecular weight is 539 g/mol. The van der Waals surface area contributed by atoms with Crippen molar-refractivity contribution in [3.8, 4) is 5.75 Å². The lowest BCUT2D eigenvalue weighted by Gasteiger charge is -2.42. The van der Waals surface area contributed by atoms with E-state index in [9.17, 15) is 14.7 Å². The number of nitrogens with zero attached hydrogens (tertiary/aromatic N) is 3. The van der Waals surface area contributed by atoms with E-state index >= 15 is 0 Å². The molecule has 3 aromatic rings. The van der Waals surface area contributed by atoms with Crippen LogP contribution in [-0.4, -0.2) is 68.4 Å². The standard InChI is InChI=1S/C27H31BrN4O3/c1-16(2)30(4)11-6-12-31-25(34)27(3)15-21-20-14-18(28)9-10-22(20)29-23(21)24(32(27)26(31)35)17-7-5-8-19(33)13-17/h5,7-10,13-14,16,24,29,33H,6,11-12,15H2,1-4H3/t24-,27+/m1/s1. The lowest BCUT2D eigenvalue weighted by atomic mass is 9.81. The molecule has 0 spiro atoms. The van der Waals surface area contributed by atoms with Crippen molar-refractivity contribution < 1.29 is 14.7 Å². The maximum absolute atomic E-state index is 13.8. The summed E-state index contributed by atoms with van der Waals surface area (Å²) in [5.74, 6) is -0.0309. The summed E-state index contributed by atoms with van der Waals surface area (Å²) in [4.78, 5) is 36.6. The molecule has 0 saturated carbocycles. The Balaban J connectivity index is 1.59. The molecular weight excluding hydrogens is 508 g/mol. The van der Waals surface area contributed by atoms with Crippen LogP contribution in [0.25, 0.3) is 10.9 Å². The molecule has 1 saturated heterocycles. The van der Waals surface area contributed by atoms with E-state index in [1.807, 2.05) is 25.1 Å². The molecule has 1 fully saturated rings. The molecule has 7 nitrogen and oxygen atoms in total. The van der Waals surface area contributed by atoms with Gasteiger partial charge >= 0.3 is 6.03 Å². The lowest BCUT2D eigenvalue weighted by Crippen LogP contribution is -2.53. The monoisotopic (exact) mass is 538 g/mol. The summed E-state index contributed by atoms with van der Waals surface area (Å²) < 4.78 is 0.956. The Hall–Kier alpha value is -2.84. The van der Waals surface area contributed by atoms with Gasteiger partial charge in [0.2, 0.25) is 0 Å². The van der Waals surface area contributed by atoms with Gasteiger partial charge in [-0.1, -0.05) is 28.1 Å². The fraction of sp³-hybridized carbons (Fsp3) is 0.407. The number of carbonyl (C=O) groups excluding carboxylic acids is 2. The highest BCUT2D eigenvalue weighted by Crippen LogP contribution is 2.49. The summed E-state index contributed by atoms with van der Waals surface area (Å²) in [6.45, 7) is 7.32. The van der Waals surface area contributed by atoms with E-state index in [2.05, 4.69) is 52.8 Å². The first-order valence-electron chi connectivity index (χ1n) is 12.1. The highest BCUT2D eigenvalue weighted by atomic mass is 79.9. The fourth-order valence-corrected chi connectivity index (χ4v) is 5.82. The minimum absolute atomic E-state index is 0.127. The minimum atomic E-state index is -1.01. The Morgan fingerprint density at radius 3 is 2.71 bits per heavy atom. The second kappa shape index (κ2) is 8.68. The van der Waals surface area contributed by atoms with Gasteiger partial charge in [-0.05, 0) is 82.2 Å². The first-order chi connectivity index (χ1) is 16.6. The van der Waals surface area contributed by atoms with Gasteiger partial charge in [-0.15, -0.1) is 0 Å². The number of urea groups is 1. The molecule has 0 bridgehead atoms. The first-order valence-corrected chi connectivity index (χ1v) is 12.9. The summed E-state index contributed by atoms with van der Waals surface area (Å²) >= 11 is 3.57. The molecule has 0 aliphatic carbocycles. The number of hydrogen-bond acceptors (Lipinski definition) is 4. The normalized spacial score (nSPS) is 22.0. The number of rotatable bonds is 6. The second-order valence-corrected chi connectivity index (χ2v) is 11.1. The predicted octanol–water partition coefficient (Wildman–Crippen LogP) is 5.03. The van der Waals surface area contributed by atoms with Crippen LogP contribution in [0.15, 0.2) is 46.9 Å². The van der Waals surface area contributed by atoms with Crippen LogP contribution in [0.1, 0.15) is 50.1 Å². The maximum atomic E-state index is 13.8. The molecule has 3 amide bonds. The number of aromatic amines is 1. The van der Waals surface area contributed by atoms with Crippen LogP contribution in [0, 0.1) is 0 Å². The molecule has 35 heavy (non-hydrogen) atoms. The van der Waals surface area contributed by atoms with Gasteiger partial charge in [0.05, 0.1) is 0 Å². The maximum Gasteiger partial charge on any atom is 0.328 e. The van der Waals surface area contributed by atoms with Gasteiger partial charge in [-0.25, -0.2) is 4.79 Å². The second-order valence-electron chi connectivity index (χ2n) is 10.2. The van der Waals surface area contributed by atoms with E-state index in [4.69, 9.17) is 0 Å². The van der Waals surface area contributed by atoms with Gasteiger partial charge in [-0.3, -0.25) is 14.6 Å². The van der Waals surface area contributed by atoms with Crippen molar-refractivity contribution in [1.82, 2.24) is 19.7 Å². The molecule has 2 N–H and O–H groups in total. The number of amides is 3. The van der Waals surface area contributed by atoms with Gasteiger partial charge in [0, 0.05) is 40.1 Å². The minimum Gasteiger partial charge on any atom is -0.508 e. The third-order valence-corrected chi connectivity index (χ3v) is 8.08. The van der Waals surface area contributed by atoms with E-state index < -0.39 is 11.6 Å². The molecule has 3 heterocycles. The number of nitrogens with one attached hydrogen (secondary N) is 1. The summed E-state index contributed by atoms with van der Waals surface area (Å²) in [7, 11) is 2.05. The van der Waals surface area contributed by atoms with Crippen molar-refractivity contribution in [3.05, 3.63) is 63.8 Å². The van der Waals surface area contributed by atoms with Crippen LogP contribution in [-0.2, 0) is 11.2 Å². The highest BCUT2D eigenvalue weighted by molar-refractivity contribution is 9.10.